The lowest BCUT2D eigenvalue weighted by Gasteiger charge is -2.17. The van der Waals surface area contributed by atoms with E-state index in [0.29, 0.717) is 0 Å². The fraction of sp³-hybridized carbons (Fsp3) is 0.438. The summed E-state index contributed by atoms with van der Waals surface area (Å²) in [4.78, 5) is 4.57. The Morgan fingerprint density at radius 3 is 3.00 bits per heavy atom. The fourth-order valence-electron chi connectivity index (χ4n) is 2.96. The van der Waals surface area contributed by atoms with Gasteiger partial charge in [0.15, 0.2) is 0 Å². The van der Waals surface area contributed by atoms with Gasteiger partial charge in [0.05, 0.1) is 19.3 Å². The number of fused-ring (bicyclic) bond motifs is 1. The lowest BCUT2D eigenvalue weighted by Crippen LogP contribution is -2.15. The van der Waals surface area contributed by atoms with Crippen LogP contribution in [0.2, 0.25) is 0 Å². The number of aromatic nitrogens is 2. The van der Waals surface area contributed by atoms with Crippen molar-refractivity contribution in [2.45, 2.75) is 38.8 Å². The van der Waals surface area contributed by atoms with Gasteiger partial charge in [0.2, 0.25) is 0 Å². The SMILES string of the molecule is COc1cc(C)nc(Cn2cc3c(c2)C(N)CCC3)c1. The molecule has 4 nitrogen and oxygen atoms in total. The van der Waals surface area contributed by atoms with Crippen LogP contribution in [0.15, 0.2) is 24.5 Å². The Kier molecular flexibility index (Phi) is 3.49. The first-order valence-corrected chi connectivity index (χ1v) is 7.11. The van der Waals surface area contributed by atoms with Crippen molar-refractivity contribution < 1.29 is 4.74 Å². The number of hydrogen-bond acceptors (Lipinski definition) is 3. The van der Waals surface area contributed by atoms with Gasteiger partial charge in [-0.25, -0.2) is 0 Å². The molecule has 2 N–H and O–H groups in total. The van der Waals surface area contributed by atoms with Gasteiger partial charge in [-0.2, -0.15) is 0 Å². The fourth-order valence-corrected chi connectivity index (χ4v) is 2.96. The summed E-state index contributed by atoms with van der Waals surface area (Å²) >= 11 is 0. The number of hydrogen-bond donors (Lipinski definition) is 1. The summed E-state index contributed by atoms with van der Waals surface area (Å²) < 4.78 is 7.49. The van der Waals surface area contributed by atoms with Crippen molar-refractivity contribution >= 4 is 0 Å². The van der Waals surface area contributed by atoms with Crippen LogP contribution in [0.3, 0.4) is 0 Å². The summed E-state index contributed by atoms with van der Waals surface area (Å²) in [6, 6.07) is 4.13. The maximum Gasteiger partial charge on any atom is 0.122 e. The highest BCUT2D eigenvalue weighted by atomic mass is 16.5. The van der Waals surface area contributed by atoms with E-state index >= 15 is 0 Å². The van der Waals surface area contributed by atoms with Gasteiger partial charge in [0, 0.05) is 36.3 Å². The van der Waals surface area contributed by atoms with E-state index in [1.165, 1.54) is 17.5 Å². The molecule has 2 aromatic rings. The van der Waals surface area contributed by atoms with Crippen molar-refractivity contribution in [1.82, 2.24) is 9.55 Å². The van der Waals surface area contributed by atoms with Crippen LogP contribution in [0, 0.1) is 6.92 Å². The van der Waals surface area contributed by atoms with Crippen molar-refractivity contribution in [3.05, 3.63) is 47.0 Å². The highest BCUT2D eigenvalue weighted by molar-refractivity contribution is 5.31. The first-order chi connectivity index (χ1) is 9.65. The third-order valence-corrected chi connectivity index (χ3v) is 3.92. The van der Waals surface area contributed by atoms with Crippen LogP contribution in [0.1, 0.15) is 41.4 Å². The van der Waals surface area contributed by atoms with E-state index in [0.717, 1.165) is 36.5 Å². The second kappa shape index (κ2) is 5.29. The van der Waals surface area contributed by atoms with Crippen LogP contribution in [-0.4, -0.2) is 16.7 Å². The summed E-state index contributed by atoms with van der Waals surface area (Å²) in [5, 5.41) is 0. The average molecular weight is 271 g/mol. The van der Waals surface area contributed by atoms with Crippen LogP contribution in [0.25, 0.3) is 0 Å². The molecule has 4 heteroatoms. The molecule has 0 aromatic carbocycles. The second-order valence-corrected chi connectivity index (χ2v) is 5.55. The molecule has 2 heterocycles. The minimum absolute atomic E-state index is 0.194. The van der Waals surface area contributed by atoms with Crippen molar-refractivity contribution in [2.75, 3.05) is 7.11 Å². The smallest absolute Gasteiger partial charge is 0.122 e. The van der Waals surface area contributed by atoms with Gasteiger partial charge in [-0.05, 0) is 37.3 Å². The molecule has 0 saturated heterocycles. The molecule has 3 rings (SSSR count). The predicted octanol–water partition coefficient (Wildman–Crippen LogP) is 2.58. The molecule has 0 bridgehead atoms. The van der Waals surface area contributed by atoms with E-state index in [4.69, 9.17) is 10.5 Å². The number of nitrogens with zero attached hydrogens (tertiary/aromatic N) is 2. The largest absolute Gasteiger partial charge is 0.497 e. The zero-order valence-electron chi connectivity index (χ0n) is 12.1. The third kappa shape index (κ3) is 2.56. The van der Waals surface area contributed by atoms with E-state index in [2.05, 4.69) is 21.9 Å². The summed E-state index contributed by atoms with van der Waals surface area (Å²) in [6.07, 6.45) is 7.81. The van der Waals surface area contributed by atoms with Gasteiger partial charge < -0.3 is 15.0 Å². The molecular formula is C16H21N3O. The standard InChI is InChI=1S/C16H21N3O/c1-11-6-14(20-2)7-13(18-11)9-19-8-12-4-3-5-16(17)15(12)10-19/h6-8,10,16H,3-5,9,17H2,1-2H3. The second-order valence-electron chi connectivity index (χ2n) is 5.55. The summed E-state index contributed by atoms with van der Waals surface area (Å²) in [5.41, 5.74) is 10.9. The van der Waals surface area contributed by atoms with Gasteiger partial charge in [-0.3, -0.25) is 4.98 Å². The molecule has 0 spiro atoms. The lowest BCUT2D eigenvalue weighted by molar-refractivity contribution is 0.413. The number of pyridine rings is 1. The summed E-state index contributed by atoms with van der Waals surface area (Å²) in [6.45, 7) is 2.75. The molecule has 1 aliphatic carbocycles. The maximum atomic E-state index is 6.17. The first kappa shape index (κ1) is 13.2. The van der Waals surface area contributed by atoms with E-state index in [1.807, 2.05) is 19.1 Å². The van der Waals surface area contributed by atoms with Crippen molar-refractivity contribution in [3.8, 4) is 5.75 Å². The Morgan fingerprint density at radius 2 is 2.25 bits per heavy atom. The molecule has 1 atom stereocenters. The Bertz CT molecular complexity index is 618. The molecule has 0 amide bonds. The quantitative estimate of drug-likeness (QED) is 0.933. The molecule has 0 radical (unpaired) electrons. The zero-order valence-corrected chi connectivity index (χ0v) is 12.1. The molecular weight excluding hydrogens is 250 g/mol. The molecule has 106 valence electrons. The lowest BCUT2D eigenvalue weighted by atomic mass is 9.92. The normalized spacial score (nSPS) is 17.9. The van der Waals surface area contributed by atoms with Gasteiger partial charge >= 0.3 is 0 Å². The molecule has 0 saturated carbocycles. The Labute approximate surface area is 119 Å². The Hall–Kier alpha value is -1.81. The van der Waals surface area contributed by atoms with Crippen LogP contribution < -0.4 is 10.5 Å². The molecule has 0 fully saturated rings. The Balaban J connectivity index is 1.86. The minimum atomic E-state index is 0.194. The van der Waals surface area contributed by atoms with E-state index < -0.39 is 0 Å². The van der Waals surface area contributed by atoms with Gasteiger partial charge in [0.1, 0.15) is 5.75 Å². The van der Waals surface area contributed by atoms with Crippen LogP contribution in [0.4, 0.5) is 0 Å². The van der Waals surface area contributed by atoms with Crippen molar-refractivity contribution in [1.29, 1.82) is 0 Å². The zero-order chi connectivity index (χ0) is 14.1. The highest BCUT2D eigenvalue weighted by Gasteiger charge is 2.18. The Morgan fingerprint density at radius 1 is 1.40 bits per heavy atom. The summed E-state index contributed by atoms with van der Waals surface area (Å²) in [5.74, 6) is 0.862. The van der Waals surface area contributed by atoms with Gasteiger partial charge in [0.25, 0.3) is 0 Å². The number of rotatable bonds is 3. The topological polar surface area (TPSA) is 53.1 Å². The van der Waals surface area contributed by atoms with Crippen molar-refractivity contribution in [3.63, 3.8) is 0 Å². The van der Waals surface area contributed by atoms with Crippen LogP contribution >= 0.6 is 0 Å². The predicted molar refractivity (Wildman–Crippen MR) is 78.9 cm³/mol. The number of nitrogens with two attached hydrogens (primary N) is 1. The van der Waals surface area contributed by atoms with E-state index in [9.17, 15) is 0 Å². The molecule has 20 heavy (non-hydrogen) atoms. The molecule has 1 unspecified atom stereocenters. The number of ether oxygens (including phenoxy) is 1. The first-order valence-electron chi connectivity index (χ1n) is 7.11. The van der Waals surface area contributed by atoms with Gasteiger partial charge in [-0.1, -0.05) is 0 Å². The van der Waals surface area contributed by atoms with Crippen LogP contribution in [0.5, 0.6) is 5.75 Å². The monoisotopic (exact) mass is 271 g/mol. The summed E-state index contributed by atoms with van der Waals surface area (Å²) in [7, 11) is 1.69. The molecule has 0 aliphatic heterocycles. The number of aryl methyl sites for hydroxylation is 2. The van der Waals surface area contributed by atoms with Gasteiger partial charge in [-0.15, -0.1) is 0 Å². The minimum Gasteiger partial charge on any atom is -0.497 e. The third-order valence-electron chi connectivity index (χ3n) is 3.92. The van der Waals surface area contributed by atoms with Crippen LogP contribution in [-0.2, 0) is 13.0 Å². The highest BCUT2D eigenvalue weighted by Crippen LogP contribution is 2.29. The van der Waals surface area contributed by atoms with Crippen molar-refractivity contribution in [2.24, 2.45) is 5.73 Å². The number of methoxy groups -OCH3 is 1. The van der Waals surface area contributed by atoms with E-state index in [-0.39, 0.29) is 6.04 Å². The molecule has 2 aromatic heterocycles. The van der Waals surface area contributed by atoms with E-state index in [1.54, 1.807) is 7.11 Å². The maximum absolute atomic E-state index is 6.17. The molecule has 1 aliphatic rings. The average Bonchev–Trinajstić information content (AvgIpc) is 2.82.